The van der Waals surface area contributed by atoms with Crippen molar-refractivity contribution >= 4 is 30.7 Å². The van der Waals surface area contributed by atoms with E-state index in [1.54, 1.807) is 20.4 Å². The normalized spacial score (nSPS) is 11.6. The van der Waals surface area contributed by atoms with Crippen LogP contribution in [0, 0.1) is 0 Å². The van der Waals surface area contributed by atoms with Gasteiger partial charge < -0.3 is 24.5 Å². The van der Waals surface area contributed by atoms with E-state index in [0.717, 1.165) is 55.5 Å². The van der Waals surface area contributed by atoms with Crippen LogP contribution in [0.5, 0.6) is 11.5 Å². The number of aromatic amines is 1. The van der Waals surface area contributed by atoms with E-state index in [2.05, 4.69) is 52.3 Å². The van der Waals surface area contributed by atoms with E-state index in [-0.39, 0.29) is 12.5 Å². The van der Waals surface area contributed by atoms with Crippen LogP contribution in [0.25, 0.3) is 22.0 Å². The summed E-state index contributed by atoms with van der Waals surface area (Å²) >= 11 is 0. The summed E-state index contributed by atoms with van der Waals surface area (Å²) in [6.45, 7) is 2.66. The second kappa shape index (κ2) is 14.0. The van der Waals surface area contributed by atoms with Crippen molar-refractivity contribution in [1.82, 2.24) is 15.3 Å². The fourth-order valence-corrected chi connectivity index (χ4v) is 6.79. The Bertz CT molecular complexity index is 1860. The summed E-state index contributed by atoms with van der Waals surface area (Å²) in [7, 11) is 3.75. The van der Waals surface area contributed by atoms with Crippen LogP contribution in [-0.4, -0.2) is 49.9 Å². The second-order valence-electron chi connectivity index (χ2n) is 10.7. The predicted octanol–water partition coefficient (Wildman–Crippen LogP) is 6.92. The number of H-pyrrole nitrogens is 1. The Morgan fingerprint density at radius 3 is 2.04 bits per heavy atom. The number of hydrogen-bond acceptors (Lipinski definition) is 5. The Balaban J connectivity index is 1.28. The Labute approximate surface area is 270 Å². The molecule has 46 heavy (non-hydrogen) atoms. The molecule has 0 aliphatic heterocycles. The highest BCUT2D eigenvalue weighted by Crippen LogP contribution is 2.41. The van der Waals surface area contributed by atoms with Gasteiger partial charge >= 0.3 is 0 Å². The molecule has 8 heteroatoms. The number of carbonyl (C=O) groups is 1. The maximum absolute atomic E-state index is 13.6. The maximum atomic E-state index is 13.6. The summed E-state index contributed by atoms with van der Waals surface area (Å²) in [5.41, 5.74) is 5.46. The summed E-state index contributed by atoms with van der Waals surface area (Å²) in [5, 5.41) is 5.17. The molecule has 0 aliphatic carbocycles. The molecule has 6 rings (SSSR count). The lowest BCUT2D eigenvalue weighted by molar-refractivity contribution is 0.0148. The third kappa shape index (κ3) is 6.12. The van der Waals surface area contributed by atoms with Gasteiger partial charge in [0.1, 0.15) is 22.8 Å². The number of amides is 1. The van der Waals surface area contributed by atoms with Crippen molar-refractivity contribution in [3.63, 3.8) is 0 Å². The number of nitrogens with zero attached hydrogens (tertiary/aromatic N) is 1. The van der Waals surface area contributed by atoms with Crippen LogP contribution in [0.3, 0.4) is 0 Å². The third-order valence-corrected chi connectivity index (χ3v) is 9.17. The second-order valence-corrected chi connectivity index (χ2v) is 11.7. The van der Waals surface area contributed by atoms with Crippen LogP contribution < -0.4 is 20.1 Å². The minimum Gasteiger partial charge on any atom is -0.497 e. The molecule has 0 bridgehead atoms. The van der Waals surface area contributed by atoms with Crippen LogP contribution in [0.2, 0.25) is 0 Å². The lowest BCUT2D eigenvalue weighted by atomic mass is 9.80. The van der Waals surface area contributed by atoms with Gasteiger partial charge in [-0.25, -0.2) is 0 Å². The average molecular weight is 630 g/mol. The lowest BCUT2D eigenvalue weighted by Gasteiger charge is -2.36. The zero-order valence-corrected chi connectivity index (χ0v) is 27.0. The first kappa shape index (κ1) is 31.0. The number of carbonyl (C=O) groups excluding carboxylic acids is 1. The first-order valence-electron chi connectivity index (χ1n) is 15.1. The molecule has 4 aromatic carbocycles. The maximum Gasteiger partial charge on any atom is 0.268 e. The van der Waals surface area contributed by atoms with Crippen molar-refractivity contribution in [3.8, 4) is 22.6 Å². The highest BCUT2D eigenvalue weighted by Gasteiger charge is 2.37. The molecule has 0 spiro atoms. The van der Waals surface area contributed by atoms with Crippen LogP contribution >= 0.6 is 8.58 Å². The molecule has 6 aromatic rings. The summed E-state index contributed by atoms with van der Waals surface area (Å²) < 4.78 is 17.8. The van der Waals surface area contributed by atoms with Gasteiger partial charge in [0.2, 0.25) is 0 Å². The minimum absolute atomic E-state index is 0.161. The number of pyridine rings is 1. The minimum atomic E-state index is -0.954. The third-order valence-electron chi connectivity index (χ3n) is 8.15. The SMILES string of the molecule is COc1ccc(C(OCCNC(=O)c2[nH]c3cc(-c4cccnc4)ccc3c2PC)(c2ccccc2)c2ccc(OC)cc2)cc1. The van der Waals surface area contributed by atoms with E-state index in [1.807, 2.05) is 85.1 Å². The topological polar surface area (TPSA) is 85.5 Å². The summed E-state index contributed by atoms with van der Waals surface area (Å²) in [4.78, 5) is 21.2. The first-order chi connectivity index (χ1) is 22.6. The molecule has 2 aromatic heterocycles. The Morgan fingerprint density at radius 2 is 1.46 bits per heavy atom. The number of rotatable bonds is 12. The lowest BCUT2D eigenvalue weighted by Crippen LogP contribution is -2.37. The van der Waals surface area contributed by atoms with Gasteiger partial charge in [-0.05, 0) is 65.3 Å². The van der Waals surface area contributed by atoms with Crippen LogP contribution in [-0.2, 0) is 10.3 Å². The highest BCUT2D eigenvalue weighted by atomic mass is 31.1. The van der Waals surface area contributed by atoms with Crippen LogP contribution in [0.1, 0.15) is 27.2 Å². The highest BCUT2D eigenvalue weighted by molar-refractivity contribution is 7.47. The molecule has 0 saturated carbocycles. The molecule has 0 saturated heterocycles. The van der Waals surface area contributed by atoms with Crippen molar-refractivity contribution < 1.29 is 19.0 Å². The van der Waals surface area contributed by atoms with Gasteiger partial charge in [0.25, 0.3) is 5.91 Å². The number of aromatic nitrogens is 2. The van der Waals surface area contributed by atoms with Crippen molar-refractivity contribution in [3.05, 3.63) is 144 Å². The fourth-order valence-electron chi connectivity index (χ4n) is 5.87. The Kier molecular flexibility index (Phi) is 9.43. The molecular formula is C38H36N3O4P. The van der Waals surface area contributed by atoms with Crippen LogP contribution in [0.4, 0.5) is 0 Å². The first-order valence-corrected chi connectivity index (χ1v) is 16.6. The van der Waals surface area contributed by atoms with Crippen molar-refractivity contribution in [2.45, 2.75) is 5.60 Å². The van der Waals surface area contributed by atoms with E-state index in [0.29, 0.717) is 20.8 Å². The monoisotopic (exact) mass is 629 g/mol. The molecule has 1 atom stereocenters. The summed E-state index contributed by atoms with van der Waals surface area (Å²) in [5.74, 6) is 1.35. The van der Waals surface area contributed by atoms with Crippen molar-refractivity contribution in [2.75, 3.05) is 34.0 Å². The smallest absolute Gasteiger partial charge is 0.268 e. The van der Waals surface area contributed by atoms with E-state index >= 15 is 0 Å². The number of nitrogens with one attached hydrogen (secondary N) is 2. The summed E-state index contributed by atoms with van der Waals surface area (Å²) in [6, 6.07) is 36.1. The predicted molar refractivity (Wildman–Crippen MR) is 186 cm³/mol. The molecular weight excluding hydrogens is 593 g/mol. The van der Waals surface area contributed by atoms with Crippen molar-refractivity contribution in [1.29, 1.82) is 0 Å². The summed E-state index contributed by atoms with van der Waals surface area (Å²) in [6.07, 6.45) is 3.60. The number of hydrogen-bond donors (Lipinski definition) is 2. The van der Waals surface area contributed by atoms with Crippen LogP contribution in [0.15, 0.2) is 122 Å². The molecule has 1 amide bonds. The molecule has 1 unspecified atom stereocenters. The number of methoxy groups -OCH3 is 2. The van der Waals surface area contributed by atoms with Gasteiger partial charge in [0, 0.05) is 40.7 Å². The molecule has 232 valence electrons. The van der Waals surface area contributed by atoms with Gasteiger partial charge in [0.05, 0.1) is 20.8 Å². The Hall–Kier alpha value is -4.97. The molecule has 0 radical (unpaired) electrons. The molecule has 0 aliphatic rings. The van der Waals surface area contributed by atoms with E-state index in [4.69, 9.17) is 14.2 Å². The van der Waals surface area contributed by atoms with Gasteiger partial charge in [-0.15, -0.1) is 0 Å². The number of benzene rings is 4. The molecule has 7 nitrogen and oxygen atoms in total. The van der Waals surface area contributed by atoms with E-state index < -0.39 is 5.60 Å². The zero-order chi connectivity index (χ0) is 31.9. The molecule has 0 fully saturated rings. The van der Waals surface area contributed by atoms with E-state index in [9.17, 15) is 4.79 Å². The molecule has 2 N–H and O–H groups in total. The fraction of sp³-hybridized carbons (Fsp3) is 0.158. The number of fused-ring (bicyclic) bond motifs is 1. The largest absolute Gasteiger partial charge is 0.497 e. The molecule has 2 heterocycles. The van der Waals surface area contributed by atoms with Crippen molar-refractivity contribution in [2.24, 2.45) is 0 Å². The Morgan fingerprint density at radius 1 is 0.804 bits per heavy atom. The van der Waals surface area contributed by atoms with Gasteiger partial charge in [-0.3, -0.25) is 9.78 Å². The van der Waals surface area contributed by atoms with Gasteiger partial charge in [0.15, 0.2) is 0 Å². The standard InChI is InChI=1S/C38H36N3O4P/c1-43-31-16-12-29(13-17-31)38(28-9-5-4-6-10-28,30-14-18-32(44-2)19-15-30)45-23-22-40-37(42)35-36(46-3)33-20-11-26(24-34(33)41-35)27-8-7-21-39-25-27/h4-21,24-25,41,46H,22-23H2,1-3H3,(H,40,42). The van der Waals surface area contributed by atoms with Gasteiger partial charge in [-0.2, -0.15) is 0 Å². The quantitative estimate of drug-likeness (QED) is 0.0873. The number of ether oxygens (including phenoxy) is 3. The zero-order valence-electron chi connectivity index (χ0n) is 26.0. The van der Waals surface area contributed by atoms with Gasteiger partial charge in [-0.1, -0.05) is 81.4 Å². The average Bonchev–Trinajstić information content (AvgIpc) is 3.51. The van der Waals surface area contributed by atoms with E-state index in [1.165, 1.54) is 0 Å².